The number of carbonyl (C=O) groups excluding carboxylic acids is 1. The maximum atomic E-state index is 12.7. The molecule has 0 saturated carbocycles. The molecule has 1 aliphatic heterocycles. The first-order valence-corrected chi connectivity index (χ1v) is 6.88. The fraction of sp³-hybridized carbons (Fsp3) is 0.600. The number of carbonyl (C=O) groups is 1. The van der Waals surface area contributed by atoms with Crippen LogP contribution in [-0.4, -0.2) is 54.7 Å². The van der Waals surface area contributed by atoms with E-state index in [-0.39, 0.29) is 17.6 Å². The van der Waals surface area contributed by atoms with E-state index in [1.807, 2.05) is 56.8 Å². The van der Waals surface area contributed by atoms with Crippen molar-refractivity contribution in [2.75, 3.05) is 32.1 Å². The van der Waals surface area contributed by atoms with E-state index in [0.29, 0.717) is 18.8 Å². The topological polar surface area (TPSA) is 45.7 Å². The molecule has 1 aromatic rings. The van der Waals surface area contributed by atoms with Crippen LogP contribution in [0.15, 0.2) is 18.3 Å². The average Bonchev–Trinajstić information content (AvgIpc) is 2.41. The van der Waals surface area contributed by atoms with E-state index in [1.54, 1.807) is 6.20 Å². The molecular formula is C15H23N3O2. The molecule has 0 radical (unpaired) electrons. The first-order chi connectivity index (χ1) is 9.31. The van der Waals surface area contributed by atoms with Gasteiger partial charge in [0.15, 0.2) is 0 Å². The summed E-state index contributed by atoms with van der Waals surface area (Å²) in [5.74, 6) is -0.0335. The van der Waals surface area contributed by atoms with Gasteiger partial charge in [0.05, 0.1) is 18.2 Å². The zero-order valence-electron chi connectivity index (χ0n) is 12.9. The van der Waals surface area contributed by atoms with Crippen LogP contribution in [0, 0.1) is 0 Å². The van der Waals surface area contributed by atoms with E-state index in [4.69, 9.17) is 4.74 Å². The summed E-state index contributed by atoms with van der Waals surface area (Å²) < 4.78 is 5.65. The predicted molar refractivity (Wildman–Crippen MR) is 79.1 cm³/mol. The van der Waals surface area contributed by atoms with E-state index < -0.39 is 0 Å². The third-order valence-electron chi connectivity index (χ3n) is 3.62. The van der Waals surface area contributed by atoms with Crippen LogP contribution in [0.1, 0.15) is 31.3 Å². The van der Waals surface area contributed by atoms with Crippen LogP contribution in [0.5, 0.6) is 0 Å². The molecule has 0 N–H and O–H groups in total. The number of amides is 1. The summed E-state index contributed by atoms with van der Waals surface area (Å²) in [4.78, 5) is 20.8. The van der Waals surface area contributed by atoms with Gasteiger partial charge in [0.1, 0.15) is 5.69 Å². The lowest BCUT2D eigenvalue weighted by molar-refractivity contribution is -0.0757. The fourth-order valence-electron chi connectivity index (χ4n) is 2.29. The highest BCUT2D eigenvalue weighted by Crippen LogP contribution is 2.24. The monoisotopic (exact) mass is 277 g/mol. The number of rotatable bonds is 2. The van der Waals surface area contributed by atoms with Crippen molar-refractivity contribution in [2.24, 2.45) is 0 Å². The highest BCUT2D eigenvalue weighted by molar-refractivity contribution is 5.93. The number of ether oxygens (including phenoxy) is 1. The van der Waals surface area contributed by atoms with Crippen LogP contribution in [0.3, 0.4) is 0 Å². The van der Waals surface area contributed by atoms with E-state index >= 15 is 0 Å². The molecule has 0 bridgehead atoms. The first-order valence-electron chi connectivity index (χ1n) is 6.88. The summed E-state index contributed by atoms with van der Waals surface area (Å²) >= 11 is 0. The Morgan fingerprint density at radius 1 is 1.50 bits per heavy atom. The Morgan fingerprint density at radius 2 is 2.20 bits per heavy atom. The fourth-order valence-corrected chi connectivity index (χ4v) is 2.29. The Kier molecular flexibility index (Phi) is 3.99. The molecule has 20 heavy (non-hydrogen) atoms. The van der Waals surface area contributed by atoms with Gasteiger partial charge in [-0.3, -0.25) is 9.78 Å². The quantitative estimate of drug-likeness (QED) is 0.827. The minimum absolute atomic E-state index is 0.0335. The molecule has 5 nitrogen and oxygen atoms in total. The molecule has 1 fully saturated rings. The number of aromatic nitrogens is 1. The van der Waals surface area contributed by atoms with Gasteiger partial charge in [-0.15, -0.1) is 0 Å². The van der Waals surface area contributed by atoms with Crippen molar-refractivity contribution in [3.8, 4) is 0 Å². The molecule has 0 unspecified atom stereocenters. The standard InChI is InChI=1S/C15H23N3O2/c1-11-9-18(15(2,3)10-20-11)14(19)13-8-12(17(4)5)6-7-16-13/h6-8,11H,9-10H2,1-5H3/t11-/m1/s1. The molecule has 0 spiro atoms. The Bertz CT molecular complexity index is 500. The van der Waals surface area contributed by atoms with Crippen LogP contribution in [-0.2, 0) is 4.74 Å². The zero-order valence-corrected chi connectivity index (χ0v) is 12.9. The molecule has 1 aromatic heterocycles. The van der Waals surface area contributed by atoms with Gasteiger partial charge in [-0.25, -0.2) is 0 Å². The molecule has 5 heteroatoms. The molecule has 1 amide bonds. The van der Waals surface area contributed by atoms with Crippen molar-refractivity contribution in [1.29, 1.82) is 0 Å². The van der Waals surface area contributed by atoms with Crippen molar-refractivity contribution < 1.29 is 9.53 Å². The minimum atomic E-state index is -0.306. The number of nitrogens with zero attached hydrogens (tertiary/aromatic N) is 3. The molecule has 1 aliphatic rings. The van der Waals surface area contributed by atoms with E-state index in [9.17, 15) is 4.79 Å². The predicted octanol–water partition coefficient (Wildman–Crippen LogP) is 1.79. The number of pyridine rings is 1. The highest BCUT2D eigenvalue weighted by atomic mass is 16.5. The van der Waals surface area contributed by atoms with E-state index in [0.717, 1.165) is 5.69 Å². The van der Waals surface area contributed by atoms with Crippen LogP contribution < -0.4 is 4.90 Å². The van der Waals surface area contributed by atoms with Crippen LogP contribution in [0.2, 0.25) is 0 Å². The van der Waals surface area contributed by atoms with Gasteiger partial charge in [-0.05, 0) is 32.9 Å². The van der Waals surface area contributed by atoms with Crippen molar-refractivity contribution >= 4 is 11.6 Å². The van der Waals surface area contributed by atoms with Gasteiger partial charge in [0.2, 0.25) is 0 Å². The summed E-state index contributed by atoms with van der Waals surface area (Å²) in [6.07, 6.45) is 1.74. The second-order valence-corrected chi connectivity index (χ2v) is 6.14. The molecule has 0 aromatic carbocycles. The van der Waals surface area contributed by atoms with Crippen LogP contribution in [0.4, 0.5) is 5.69 Å². The molecule has 1 saturated heterocycles. The van der Waals surface area contributed by atoms with E-state index in [1.165, 1.54) is 0 Å². The summed E-state index contributed by atoms with van der Waals surface area (Å²) in [6, 6.07) is 3.72. The third kappa shape index (κ3) is 2.93. The summed E-state index contributed by atoms with van der Waals surface area (Å²) in [5.41, 5.74) is 1.15. The molecule has 110 valence electrons. The number of anilines is 1. The Hall–Kier alpha value is -1.62. The highest BCUT2D eigenvalue weighted by Gasteiger charge is 2.37. The van der Waals surface area contributed by atoms with Crippen molar-refractivity contribution in [2.45, 2.75) is 32.4 Å². The number of hydrogen-bond donors (Lipinski definition) is 0. The third-order valence-corrected chi connectivity index (χ3v) is 3.62. The average molecular weight is 277 g/mol. The smallest absolute Gasteiger partial charge is 0.273 e. The number of morpholine rings is 1. The Morgan fingerprint density at radius 3 is 2.85 bits per heavy atom. The normalized spacial score (nSPS) is 21.6. The van der Waals surface area contributed by atoms with Gasteiger partial charge in [-0.2, -0.15) is 0 Å². The van der Waals surface area contributed by atoms with Crippen molar-refractivity contribution in [3.05, 3.63) is 24.0 Å². The maximum absolute atomic E-state index is 12.7. The van der Waals surface area contributed by atoms with Gasteiger partial charge >= 0.3 is 0 Å². The van der Waals surface area contributed by atoms with Crippen molar-refractivity contribution in [1.82, 2.24) is 9.88 Å². The minimum Gasteiger partial charge on any atom is -0.378 e. The zero-order chi connectivity index (χ0) is 14.9. The lowest BCUT2D eigenvalue weighted by atomic mass is 10.00. The largest absolute Gasteiger partial charge is 0.378 e. The molecular weight excluding hydrogens is 254 g/mol. The molecule has 1 atom stereocenters. The summed E-state index contributed by atoms with van der Waals surface area (Å²) in [7, 11) is 3.90. The molecule has 0 aliphatic carbocycles. The lowest BCUT2D eigenvalue weighted by Gasteiger charge is -2.44. The maximum Gasteiger partial charge on any atom is 0.273 e. The SMILES string of the molecule is C[C@@H]1CN(C(=O)c2cc(N(C)C)ccn2)C(C)(C)CO1. The second-order valence-electron chi connectivity index (χ2n) is 6.14. The Labute approximate surface area is 120 Å². The summed E-state index contributed by atoms with van der Waals surface area (Å²) in [6.45, 7) is 7.17. The lowest BCUT2D eigenvalue weighted by Crippen LogP contribution is -2.57. The second kappa shape index (κ2) is 5.40. The van der Waals surface area contributed by atoms with Crippen LogP contribution >= 0.6 is 0 Å². The van der Waals surface area contributed by atoms with Gasteiger partial charge < -0.3 is 14.5 Å². The molecule has 2 heterocycles. The molecule has 2 rings (SSSR count). The summed E-state index contributed by atoms with van der Waals surface area (Å²) in [5, 5.41) is 0. The first kappa shape index (κ1) is 14.8. The van der Waals surface area contributed by atoms with Crippen molar-refractivity contribution in [3.63, 3.8) is 0 Å². The van der Waals surface area contributed by atoms with Gasteiger partial charge in [0.25, 0.3) is 5.91 Å². The Balaban J connectivity index is 2.27. The number of hydrogen-bond acceptors (Lipinski definition) is 4. The van der Waals surface area contributed by atoms with Crippen LogP contribution in [0.25, 0.3) is 0 Å². The van der Waals surface area contributed by atoms with Gasteiger partial charge in [-0.1, -0.05) is 0 Å². The van der Waals surface area contributed by atoms with E-state index in [2.05, 4.69) is 4.98 Å². The van der Waals surface area contributed by atoms with Gasteiger partial charge in [0, 0.05) is 32.5 Å².